The van der Waals surface area contributed by atoms with Gasteiger partial charge in [-0.15, -0.1) is 0 Å². The van der Waals surface area contributed by atoms with Crippen molar-refractivity contribution >= 4 is 79.6 Å². The molecule has 0 bridgehead atoms. The Morgan fingerprint density at radius 3 is 2.21 bits per heavy atom. The largest absolute Gasteiger partial charge is 0.508 e. The Morgan fingerprint density at radius 2 is 1.66 bits per heavy atom. The lowest BCUT2D eigenvalue weighted by Crippen LogP contribution is -2.45. The van der Waals surface area contributed by atoms with Crippen LogP contribution in [0.3, 0.4) is 0 Å². The number of amides is 1. The minimum Gasteiger partial charge on any atom is -0.508 e. The van der Waals surface area contributed by atoms with Gasteiger partial charge in [-0.3, -0.25) is 4.79 Å². The summed E-state index contributed by atoms with van der Waals surface area (Å²) < 4.78 is 2.42. The minimum atomic E-state index is -1.11. The summed E-state index contributed by atoms with van der Waals surface area (Å²) in [5.74, 6) is -1.56. The van der Waals surface area contributed by atoms with Crippen molar-refractivity contribution in [2.24, 2.45) is 5.92 Å². The van der Waals surface area contributed by atoms with Crippen LogP contribution < -0.4 is 5.32 Å². The molecule has 0 aromatic heterocycles. The average Bonchev–Trinajstić information content (AvgIpc) is 2.67. The second-order valence-corrected chi connectivity index (χ2v) is 9.96. The lowest BCUT2D eigenvalue weighted by Gasteiger charge is -2.21. The zero-order valence-electron chi connectivity index (χ0n) is 15.5. The van der Waals surface area contributed by atoms with E-state index in [4.69, 9.17) is 0 Å². The molecule has 0 aliphatic carbocycles. The number of carboxylic acid groups (broad SMARTS) is 1. The van der Waals surface area contributed by atoms with Crippen LogP contribution in [0, 0.1) is 16.6 Å². The number of aromatic hydroxyl groups is 2. The van der Waals surface area contributed by atoms with Crippen molar-refractivity contribution in [2.75, 3.05) is 0 Å². The Labute approximate surface area is 209 Å². The van der Waals surface area contributed by atoms with E-state index in [1.54, 1.807) is 12.1 Å². The molecule has 0 saturated heterocycles. The first-order chi connectivity index (χ1) is 13.6. The highest BCUT2D eigenvalue weighted by Crippen LogP contribution is 2.34. The number of halogens is 3. The first kappa shape index (κ1) is 24.4. The van der Waals surface area contributed by atoms with Crippen LogP contribution in [0.5, 0.6) is 11.5 Å². The summed E-state index contributed by atoms with van der Waals surface area (Å²) in [6.07, 6.45) is 1.07. The number of phenolic OH excluding ortho intramolecular Hbond substituents is 2. The summed E-state index contributed by atoms with van der Waals surface area (Å²) in [7, 11) is 0. The molecule has 2 atom stereocenters. The van der Waals surface area contributed by atoms with E-state index in [1.165, 1.54) is 12.1 Å². The third-order valence-corrected chi connectivity index (χ3v) is 7.49. The van der Waals surface area contributed by atoms with E-state index in [1.807, 2.05) is 13.0 Å². The van der Waals surface area contributed by atoms with Crippen molar-refractivity contribution in [1.29, 1.82) is 0 Å². The third kappa shape index (κ3) is 6.57. The maximum Gasteiger partial charge on any atom is 0.326 e. The van der Waals surface area contributed by atoms with E-state index < -0.39 is 17.9 Å². The highest BCUT2D eigenvalue weighted by Gasteiger charge is 2.26. The topological polar surface area (TPSA) is 107 Å². The molecule has 2 rings (SSSR count). The van der Waals surface area contributed by atoms with Crippen LogP contribution in [-0.4, -0.2) is 33.2 Å². The summed E-state index contributed by atoms with van der Waals surface area (Å²) in [6.45, 7) is 1.88. The van der Waals surface area contributed by atoms with Gasteiger partial charge in [0.2, 0.25) is 5.91 Å². The number of hydrogen-bond donors (Lipinski definition) is 4. The van der Waals surface area contributed by atoms with Gasteiger partial charge in [-0.2, -0.15) is 0 Å². The van der Waals surface area contributed by atoms with Crippen LogP contribution in [0.2, 0.25) is 0 Å². The fourth-order valence-corrected chi connectivity index (χ4v) is 6.64. The van der Waals surface area contributed by atoms with E-state index in [0.717, 1.165) is 12.7 Å². The van der Waals surface area contributed by atoms with Crippen molar-refractivity contribution in [3.63, 3.8) is 0 Å². The second-order valence-electron chi connectivity index (χ2n) is 6.56. The predicted octanol–water partition coefficient (Wildman–Crippen LogP) is 4.29. The van der Waals surface area contributed by atoms with Gasteiger partial charge in [-0.1, -0.05) is 19.1 Å². The van der Waals surface area contributed by atoms with Gasteiger partial charge in [-0.25, -0.2) is 4.79 Å². The van der Waals surface area contributed by atoms with Gasteiger partial charge < -0.3 is 20.6 Å². The quantitative estimate of drug-likeness (QED) is 0.303. The third-order valence-electron chi connectivity index (χ3n) is 4.55. The van der Waals surface area contributed by atoms with Crippen LogP contribution >= 0.6 is 67.8 Å². The molecule has 1 amide bonds. The normalized spacial score (nSPS) is 13.0. The number of aliphatic carboxylic acids is 1. The van der Waals surface area contributed by atoms with Gasteiger partial charge >= 0.3 is 5.97 Å². The molecule has 2 aromatic rings. The maximum absolute atomic E-state index is 12.8. The highest BCUT2D eigenvalue weighted by atomic mass is 127. The van der Waals surface area contributed by atoms with Crippen molar-refractivity contribution in [2.45, 2.75) is 32.2 Å². The minimum absolute atomic E-state index is 0.0979. The molecular formula is C20H20I3NO5. The first-order valence-corrected chi connectivity index (χ1v) is 12.0. The number of rotatable bonds is 8. The second kappa shape index (κ2) is 11.0. The Kier molecular flexibility index (Phi) is 9.25. The summed E-state index contributed by atoms with van der Waals surface area (Å²) >= 11 is 6.33. The molecule has 4 N–H and O–H groups in total. The molecule has 0 fully saturated rings. The highest BCUT2D eigenvalue weighted by molar-refractivity contribution is 14.1. The molecular weight excluding hydrogens is 715 g/mol. The molecule has 0 spiro atoms. The van der Waals surface area contributed by atoms with Crippen LogP contribution in [0.15, 0.2) is 30.3 Å². The SMILES string of the molecule is CCC(Cc1c(I)cc(I)c(O)c1I)C(=O)NC(Cc1ccc(O)cc1)C(=O)O. The summed E-state index contributed by atoms with van der Waals surface area (Å²) in [5, 5.41) is 31.8. The van der Waals surface area contributed by atoms with Crippen LogP contribution in [-0.2, 0) is 22.4 Å². The summed E-state index contributed by atoms with van der Waals surface area (Å²) in [4.78, 5) is 24.5. The zero-order valence-corrected chi connectivity index (χ0v) is 21.9. The molecule has 2 unspecified atom stereocenters. The van der Waals surface area contributed by atoms with E-state index >= 15 is 0 Å². The van der Waals surface area contributed by atoms with E-state index in [9.17, 15) is 24.9 Å². The number of carboxylic acids is 1. The molecule has 0 aliphatic heterocycles. The molecule has 0 heterocycles. The predicted molar refractivity (Wildman–Crippen MR) is 135 cm³/mol. The molecule has 0 radical (unpaired) electrons. The fourth-order valence-electron chi connectivity index (χ4n) is 2.83. The van der Waals surface area contributed by atoms with Gasteiger partial charge in [0.25, 0.3) is 0 Å². The fraction of sp³-hybridized carbons (Fsp3) is 0.300. The molecule has 9 heteroatoms. The number of nitrogens with one attached hydrogen (secondary N) is 1. The van der Waals surface area contributed by atoms with Gasteiger partial charge in [0.15, 0.2) is 0 Å². The maximum atomic E-state index is 12.8. The Hall–Kier alpha value is -0.830. The Balaban J connectivity index is 2.16. The average molecular weight is 735 g/mol. The summed E-state index contributed by atoms with van der Waals surface area (Å²) in [5.41, 5.74) is 1.59. The number of hydrogen-bond acceptors (Lipinski definition) is 4. The molecule has 0 aliphatic rings. The molecule has 29 heavy (non-hydrogen) atoms. The van der Waals surface area contributed by atoms with Crippen molar-refractivity contribution in [1.82, 2.24) is 5.32 Å². The standard InChI is InChI=1S/C20H20I3NO5/c1-2-11(8-13-14(21)9-15(22)18(26)17(13)23)19(27)24-16(20(28)29)7-10-3-5-12(25)6-4-10/h3-6,9,11,16,25-26H,2,7-8H2,1H3,(H,24,27)(H,28,29). The lowest BCUT2D eigenvalue weighted by molar-refractivity contribution is -0.142. The molecule has 0 saturated carbocycles. The monoisotopic (exact) mass is 735 g/mol. The van der Waals surface area contributed by atoms with Gasteiger partial charge in [0.05, 0.1) is 7.14 Å². The zero-order chi connectivity index (χ0) is 21.7. The van der Waals surface area contributed by atoms with Gasteiger partial charge in [0.1, 0.15) is 17.5 Å². The Bertz CT molecular complexity index is 902. The van der Waals surface area contributed by atoms with E-state index in [0.29, 0.717) is 22.0 Å². The van der Waals surface area contributed by atoms with E-state index in [2.05, 4.69) is 73.1 Å². The van der Waals surface area contributed by atoms with Crippen LogP contribution in [0.1, 0.15) is 24.5 Å². The number of carbonyl (C=O) groups excluding carboxylic acids is 1. The number of benzene rings is 2. The van der Waals surface area contributed by atoms with E-state index in [-0.39, 0.29) is 23.8 Å². The van der Waals surface area contributed by atoms with Gasteiger partial charge in [-0.05, 0) is 110 Å². The molecule has 2 aromatic carbocycles. The van der Waals surface area contributed by atoms with Crippen LogP contribution in [0.25, 0.3) is 0 Å². The van der Waals surface area contributed by atoms with Crippen molar-refractivity contribution in [3.8, 4) is 11.5 Å². The number of phenols is 2. The van der Waals surface area contributed by atoms with Crippen molar-refractivity contribution < 1.29 is 24.9 Å². The molecule has 156 valence electrons. The number of carbonyl (C=O) groups is 2. The smallest absolute Gasteiger partial charge is 0.326 e. The molecule has 6 nitrogen and oxygen atoms in total. The van der Waals surface area contributed by atoms with Gasteiger partial charge in [0, 0.05) is 15.9 Å². The van der Waals surface area contributed by atoms with Crippen LogP contribution in [0.4, 0.5) is 0 Å². The lowest BCUT2D eigenvalue weighted by atomic mass is 9.95. The Morgan fingerprint density at radius 1 is 1.03 bits per heavy atom. The summed E-state index contributed by atoms with van der Waals surface area (Å²) in [6, 6.07) is 7.03. The first-order valence-electron chi connectivity index (χ1n) is 8.80. The van der Waals surface area contributed by atoms with Crippen molar-refractivity contribution in [3.05, 3.63) is 52.2 Å².